The number of methoxy groups -OCH3 is 2. The first-order chi connectivity index (χ1) is 15.6. The van der Waals surface area contributed by atoms with Crippen molar-refractivity contribution in [3.05, 3.63) is 76.0 Å². The fraction of sp³-hybridized carbons (Fsp3) is 0.208. The van der Waals surface area contributed by atoms with Crippen molar-refractivity contribution in [3.8, 4) is 17.6 Å². The minimum absolute atomic E-state index is 0.0554. The minimum atomic E-state index is -0.258. The fourth-order valence-electron chi connectivity index (χ4n) is 3.61. The number of anilines is 1. The van der Waals surface area contributed by atoms with Crippen LogP contribution in [0.25, 0.3) is 0 Å². The third-order valence-electron chi connectivity index (χ3n) is 5.20. The van der Waals surface area contributed by atoms with Crippen LogP contribution in [0.5, 0.6) is 11.5 Å². The number of hydrazone groups is 1. The highest BCUT2D eigenvalue weighted by Gasteiger charge is 2.33. The predicted molar refractivity (Wildman–Crippen MR) is 124 cm³/mol. The standard InChI is InChI=1S/C24H22N4O3S/c1-30-21-9-8-17(12-22(21)31-2)20-13-19(23-7-4-10-32-23)27-28(20)24(29)15-26-18-6-3-5-16(11-18)14-25/h3-12,20,26H,13,15H2,1-2H3/t20-/m1/s1. The number of amides is 1. The molecule has 32 heavy (non-hydrogen) atoms. The highest BCUT2D eigenvalue weighted by molar-refractivity contribution is 7.12. The van der Waals surface area contributed by atoms with Crippen LogP contribution in [-0.4, -0.2) is 37.4 Å². The molecular formula is C24H22N4O3S. The molecule has 1 atom stereocenters. The van der Waals surface area contributed by atoms with Crippen molar-refractivity contribution >= 4 is 28.6 Å². The van der Waals surface area contributed by atoms with Gasteiger partial charge in [0.2, 0.25) is 0 Å². The zero-order valence-electron chi connectivity index (χ0n) is 17.7. The average Bonchev–Trinajstić information content (AvgIpc) is 3.52. The Bertz CT molecular complexity index is 1180. The van der Waals surface area contributed by atoms with Gasteiger partial charge in [-0.2, -0.15) is 10.4 Å². The van der Waals surface area contributed by atoms with Crippen molar-refractivity contribution in [1.29, 1.82) is 5.26 Å². The molecule has 1 aliphatic rings. The Morgan fingerprint density at radius 1 is 1.19 bits per heavy atom. The smallest absolute Gasteiger partial charge is 0.262 e. The summed E-state index contributed by atoms with van der Waals surface area (Å²) in [5.74, 6) is 1.07. The van der Waals surface area contributed by atoms with Crippen LogP contribution >= 0.6 is 11.3 Å². The summed E-state index contributed by atoms with van der Waals surface area (Å²) in [4.78, 5) is 14.2. The van der Waals surface area contributed by atoms with Crippen LogP contribution in [0.15, 0.2) is 65.1 Å². The Morgan fingerprint density at radius 2 is 2.03 bits per heavy atom. The van der Waals surface area contributed by atoms with Crippen molar-refractivity contribution in [1.82, 2.24) is 5.01 Å². The second-order valence-electron chi connectivity index (χ2n) is 7.14. The Balaban J connectivity index is 1.59. The molecule has 1 amide bonds. The summed E-state index contributed by atoms with van der Waals surface area (Å²) < 4.78 is 10.8. The highest BCUT2D eigenvalue weighted by atomic mass is 32.1. The maximum atomic E-state index is 13.2. The molecule has 0 spiro atoms. The van der Waals surface area contributed by atoms with Crippen molar-refractivity contribution in [2.75, 3.05) is 26.1 Å². The van der Waals surface area contributed by atoms with E-state index >= 15 is 0 Å². The van der Waals surface area contributed by atoms with E-state index in [9.17, 15) is 4.79 Å². The first-order valence-electron chi connectivity index (χ1n) is 10.0. The average molecular weight is 447 g/mol. The van der Waals surface area contributed by atoms with E-state index in [1.165, 1.54) is 5.01 Å². The van der Waals surface area contributed by atoms with Gasteiger partial charge in [0.1, 0.15) is 0 Å². The summed E-state index contributed by atoms with van der Waals surface area (Å²) in [6.07, 6.45) is 0.603. The largest absolute Gasteiger partial charge is 0.493 e. The molecule has 0 radical (unpaired) electrons. The summed E-state index contributed by atoms with van der Waals surface area (Å²) in [6.45, 7) is 0.0554. The van der Waals surface area contributed by atoms with E-state index in [4.69, 9.17) is 14.7 Å². The van der Waals surface area contributed by atoms with Gasteiger partial charge in [-0.15, -0.1) is 11.3 Å². The normalized spacial score (nSPS) is 15.1. The quantitative estimate of drug-likeness (QED) is 0.580. The zero-order valence-corrected chi connectivity index (χ0v) is 18.6. The number of nitriles is 1. The van der Waals surface area contributed by atoms with Crippen molar-refractivity contribution < 1.29 is 14.3 Å². The lowest BCUT2D eigenvalue weighted by atomic mass is 10.0. The molecule has 0 fully saturated rings. The van der Waals surface area contributed by atoms with Gasteiger partial charge in [0, 0.05) is 12.1 Å². The molecule has 1 N–H and O–H groups in total. The summed E-state index contributed by atoms with van der Waals surface area (Å²) in [5, 5.41) is 20.4. The van der Waals surface area contributed by atoms with Crippen LogP contribution in [0.4, 0.5) is 5.69 Å². The molecule has 3 aromatic rings. The topological polar surface area (TPSA) is 87.0 Å². The van der Waals surface area contributed by atoms with Crippen LogP contribution in [0.2, 0.25) is 0 Å². The van der Waals surface area contributed by atoms with E-state index in [1.807, 2.05) is 41.8 Å². The number of carbonyl (C=O) groups is 1. The molecule has 7 nitrogen and oxygen atoms in total. The van der Waals surface area contributed by atoms with Crippen LogP contribution in [0.1, 0.15) is 28.5 Å². The number of hydrogen-bond donors (Lipinski definition) is 1. The lowest BCUT2D eigenvalue weighted by molar-refractivity contribution is -0.131. The summed E-state index contributed by atoms with van der Waals surface area (Å²) in [5.41, 5.74) is 3.03. The monoisotopic (exact) mass is 446 g/mol. The van der Waals surface area contributed by atoms with Crippen LogP contribution in [-0.2, 0) is 4.79 Å². The lowest BCUT2D eigenvalue weighted by Crippen LogP contribution is -2.32. The number of carbonyl (C=O) groups excluding carboxylic acids is 1. The van der Waals surface area contributed by atoms with Gasteiger partial charge >= 0.3 is 0 Å². The summed E-state index contributed by atoms with van der Waals surface area (Å²) in [7, 11) is 3.18. The predicted octanol–water partition coefficient (Wildman–Crippen LogP) is 4.43. The number of ether oxygens (including phenoxy) is 2. The van der Waals surface area contributed by atoms with Gasteiger partial charge in [0.15, 0.2) is 11.5 Å². The van der Waals surface area contributed by atoms with E-state index < -0.39 is 0 Å². The number of nitrogens with one attached hydrogen (secondary N) is 1. The summed E-state index contributed by atoms with van der Waals surface area (Å²) in [6, 6.07) is 18.5. The van der Waals surface area contributed by atoms with Crippen molar-refractivity contribution in [3.63, 3.8) is 0 Å². The van der Waals surface area contributed by atoms with Crippen LogP contribution < -0.4 is 14.8 Å². The number of benzene rings is 2. The van der Waals surface area contributed by atoms with E-state index in [0.29, 0.717) is 29.2 Å². The molecule has 0 saturated carbocycles. The summed E-state index contributed by atoms with van der Waals surface area (Å²) >= 11 is 1.60. The Kier molecular flexibility index (Phi) is 6.38. The number of nitrogens with zero attached hydrogens (tertiary/aromatic N) is 3. The maximum absolute atomic E-state index is 13.2. The van der Waals surface area contributed by atoms with E-state index in [2.05, 4.69) is 16.5 Å². The Hall–Kier alpha value is -3.83. The third-order valence-corrected chi connectivity index (χ3v) is 6.12. The Labute approximate surface area is 190 Å². The van der Waals surface area contributed by atoms with Gasteiger partial charge in [-0.1, -0.05) is 18.2 Å². The molecule has 8 heteroatoms. The number of hydrogen-bond acceptors (Lipinski definition) is 7. The second-order valence-corrected chi connectivity index (χ2v) is 8.09. The van der Waals surface area contributed by atoms with Crippen LogP contribution in [0, 0.1) is 11.3 Å². The van der Waals surface area contributed by atoms with E-state index in [-0.39, 0.29) is 18.5 Å². The molecule has 0 bridgehead atoms. The molecule has 0 saturated heterocycles. The molecule has 2 aromatic carbocycles. The molecular weight excluding hydrogens is 424 g/mol. The van der Waals surface area contributed by atoms with Gasteiger partial charge in [-0.25, -0.2) is 5.01 Å². The fourth-order valence-corrected chi connectivity index (χ4v) is 4.33. The third kappa shape index (κ3) is 4.43. The second kappa shape index (κ2) is 9.54. The molecule has 1 aromatic heterocycles. The SMILES string of the molecule is COc1ccc([C@H]2CC(c3cccs3)=NN2C(=O)CNc2cccc(C#N)c2)cc1OC. The highest BCUT2D eigenvalue weighted by Crippen LogP contribution is 2.37. The van der Waals surface area contributed by atoms with Gasteiger partial charge in [-0.05, 0) is 47.3 Å². The van der Waals surface area contributed by atoms with Crippen molar-refractivity contribution in [2.45, 2.75) is 12.5 Å². The lowest BCUT2D eigenvalue weighted by Gasteiger charge is -2.23. The Morgan fingerprint density at radius 3 is 2.75 bits per heavy atom. The van der Waals surface area contributed by atoms with E-state index in [0.717, 1.165) is 16.2 Å². The minimum Gasteiger partial charge on any atom is -0.493 e. The van der Waals surface area contributed by atoms with Crippen LogP contribution in [0.3, 0.4) is 0 Å². The van der Waals surface area contributed by atoms with Gasteiger partial charge in [0.25, 0.3) is 5.91 Å². The molecule has 0 unspecified atom stereocenters. The molecule has 2 heterocycles. The maximum Gasteiger partial charge on any atom is 0.262 e. The van der Waals surface area contributed by atoms with Crippen molar-refractivity contribution in [2.24, 2.45) is 5.10 Å². The van der Waals surface area contributed by atoms with Gasteiger partial charge in [0.05, 0.1) is 49.0 Å². The number of thiophene rings is 1. The van der Waals surface area contributed by atoms with Gasteiger partial charge in [-0.3, -0.25) is 4.79 Å². The van der Waals surface area contributed by atoms with Gasteiger partial charge < -0.3 is 14.8 Å². The molecule has 4 rings (SSSR count). The first-order valence-corrected chi connectivity index (χ1v) is 10.9. The number of rotatable bonds is 7. The molecule has 1 aliphatic heterocycles. The first kappa shape index (κ1) is 21.4. The van der Waals surface area contributed by atoms with E-state index in [1.54, 1.807) is 43.8 Å². The zero-order chi connectivity index (χ0) is 22.5. The molecule has 162 valence electrons. The molecule has 0 aliphatic carbocycles.